The molecule has 1 N–H and O–H groups in total. The van der Waals surface area contributed by atoms with Gasteiger partial charge in [0.2, 0.25) is 5.43 Å². The maximum absolute atomic E-state index is 14.2. The SMILES string of the molecule is CCCCOc1c2n(cc(C(=O)NCc3ccc(F)cc3F)c1=O)[C@@H]1CN(C2=O)[C@@H](C)CC[C@]12CC(C1CC1)=NO2. The minimum atomic E-state index is -0.805. The monoisotopic (exact) mass is 568 g/mol. The number of nitrogens with zero attached hydrogens (tertiary/aromatic N) is 3. The van der Waals surface area contributed by atoms with Crippen molar-refractivity contribution in [3.63, 3.8) is 0 Å². The Morgan fingerprint density at radius 3 is 2.78 bits per heavy atom. The second-order valence-corrected chi connectivity index (χ2v) is 11.6. The Kier molecular flexibility index (Phi) is 7.07. The van der Waals surface area contributed by atoms with E-state index in [1.807, 2.05) is 13.8 Å². The van der Waals surface area contributed by atoms with Gasteiger partial charge in [-0.1, -0.05) is 24.6 Å². The number of ether oxygens (including phenoxy) is 1. The summed E-state index contributed by atoms with van der Waals surface area (Å²) in [5.41, 5.74) is -0.440. The smallest absolute Gasteiger partial charge is 0.274 e. The van der Waals surface area contributed by atoms with E-state index in [1.165, 1.54) is 12.3 Å². The molecule has 2 fully saturated rings. The number of amides is 2. The Balaban J connectivity index is 1.42. The van der Waals surface area contributed by atoms with Gasteiger partial charge < -0.3 is 24.4 Å². The van der Waals surface area contributed by atoms with Crippen molar-refractivity contribution in [3.8, 4) is 5.75 Å². The number of aromatic nitrogens is 1. The first-order chi connectivity index (χ1) is 19.7. The highest BCUT2D eigenvalue weighted by atomic mass is 19.1. The Morgan fingerprint density at radius 1 is 1.24 bits per heavy atom. The van der Waals surface area contributed by atoms with Gasteiger partial charge in [-0.05, 0) is 45.1 Å². The van der Waals surface area contributed by atoms with Gasteiger partial charge in [-0.3, -0.25) is 14.4 Å². The van der Waals surface area contributed by atoms with E-state index in [1.54, 1.807) is 9.47 Å². The lowest BCUT2D eigenvalue weighted by atomic mass is 9.83. The topological polar surface area (TPSA) is 102 Å². The summed E-state index contributed by atoms with van der Waals surface area (Å²) in [5.74, 6) is -2.34. The van der Waals surface area contributed by atoms with Gasteiger partial charge in [0, 0.05) is 49.3 Å². The van der Waals surface area contributed by atoms with Crippen LogP contribution in [0.4, 0.5) is 8.78 Å². The van der Waals surface area contributed by atoms with Crippen LogP contribution in [0.25, 0.3) is 0 Å². The fourth-order valence-corrected chi connectivity index (χ4v) is 6.15. The molecule has 4 aliphatic rings. The van der Waals surface area contributed by atoms with Crippen molar-refractivity contribution < 1.29 is 27.9 Å². The van der Waals surface area contributed by atoms with Crippen LogP contribution in [-0.4, -0.2) is 51.8 Å². The quantitative estimate of drug-likeness (QED) is 0.478. The summed E-state index contributed by atoms with van der Waals surface area (Å²) in [4.78, 5) is 49.0. The number of hydrogen-bond donors (Lipinski definition) is 1. The van der Waals surface area contributed by atoms with Crippen molar-refractivity contribution in [1.82, 2.24) is 14.8 Å². The number of oxime groups is 1. The summed E-state index contributed by atoms with van der Waals surface area (Å²) in [7, 11) is 0. The molecular weight excluding hydrogens is 534 g/mol. The number of unbranched alkanes of at least 4 members (excludes halogenated alkanes) is 1. The fourth-order valence-electron chi connectivity index (χ4n) is 6.15. The molecule has 9 nitrogen and oxygen atoms in total. The van der Waals surface area contributed by atoms with E-state index in [2.05, 4.69) is 10.5 Å². The van der Waals surface area contributed by atoms with Gasteiger partial charge in [-0.2, -0.15) is 0 Å². The van der Waals surface area contributed by atoms with E-state index < -0.39 is 34.6 Å². The lowest BCUT2D eigenvalue weighted by Crippen LogP contribution is -2.52. The molecule has 2 amide bonds. The van der Waals surface area contributed by atoms with Crippen LogP contribution in [0.2, 0.25) is 0 Å². The van der Waals surface area contributed by atoms with E-state index in [0.717, 1.165) is 37.1 Å². The van der Waals surface area contributed by atoms with Crippen molar-refractivity contribution in [2.24, 2.45) is 11.1 Å². The summed E-state index contributed by atoms with van der Waals surface area (Å²) in [5, 5.41) is 7.06. The lowest BCUT2D eigenvalue weighted by molar-refractivity contribution is -0.0656. The summed E-state index contributed by atoms with van der Waals surface area (Å²) < 4.78 is 35.2. The third-order valence-electron chi connectivity index (χ3n) is 8.80. The summed E-state index contributed by atoms with van der Waals surface area (Å²) in [6, 6.07) is 2.58. The Bertz CT molecular complexity index is 1490. The summed E-state index contributed by atoms with van der Waals surface area (Å²) >= 11 is 0. The normalized spacial score (nSPS) is 24.9. The third-order valence-corrected chi connectivity index (χ3v) is 8.80. The molecule has 3 atom stereocenters. The number of rotatable bonds is 8. The molecule has 1 saturated heterocycles. The molecule has 0 radical (unpaired) electrons. The van der Waals surface area contributed by atoms with Gasteiger partial charge >= 0.3 is 0 Å². The van der Waals surface area contributed by atoms with E-state index in [0.29, 0.717) is 38.1 Å². The Hall–Kier alpha value is -3.76. The van der Waals surface area contributed by atoms with Crippen LogP contribution in [0.15, 0.2) is 34.3 Å². The number of halogens is 2. The van der Waals surface area contributed by atoms with Crippen LogP contribution in [-0.2, 0) is 11.4 Å². The van der Waals surface area contributed by atoms with Crippen molar-refractivity contribution in [2.75, 3.05) is 13.2 Å². The van der Waals surface area contributed by atoms with Crippen LogP contribution in [0.1, 0.15) is 91.2 Å². The molecule has 2 aromatic rings. The van der Waals surface area contributed by atoms with E-state index in [4.69, 9.17) is 9.57 Å². The molecule has 11 heteroatoms. The highest BCUT2D eigenvalue weighted by Crippen LogP contribution is 2.49. The second kappa shape index (κ2) is 10.6. The maximum atomic E-state index is 14.2. The highest BCUT2D eigenvalue weighted by Gasteiger charge is 2.55. The van der Waals surface area contributed by atoms with Crippen molar-refractivity contribution in [2.45, 2.75) is 83.0 Å². The molecule has 2 bridgehead atoms. The molecule has 1 spiro atoms. The molecule has 1 aromatic heterocycles. The minimum Gasteiger partial charge on any atom is -0.487 e. The zero-order valence-electron chi connectivity index (χ0n) is 23.3. The van der Waals surface area contributed by atoms with Gasteiger partial charge in [0.1, 0.15) is 17.2 Å². The predicted molar refractivity (Wildman–Crippen MR) is 146 cm³/mol. The van der Waals surface area contributed by atoms with E-state index in [9.17, 15) is 23.2 Å². The molecular formula is C30H34F2N4O5. The first-order valence-electron chi connectivity index (χ1n) is 14.4. The van der Waals surface area contributed by atoms with Gasteiger partial charge in [0.05, 0.1) is 18.4 Å². The first-order valence-corrected chi connectivity index (χ1v) is 14.4. The predicted octanol–water partition coefficient (Wildman–Crippen LogP) is 4.34. The zero-order valence-corrected chi connectivity index (χ0v) is 23.3. The fraction of sp³-hybridized carbons (Fsp3) is 0.533. The summed E-state index contributed by atoms with van der Waals surface area (Å²) in [6.45, 7) is 4.27. The van der Waals surface area contributed by atoms with Crippen LogP contribution in [0.5, 0.6) is 5.75 Å². The van der Waals surface area contributed by atoms with Crippen LogP contribution >= 0.6 is 0 Å². The van der Waals surface area contributed by atoms with E-state index >= 15 is 0 Å². The average Bonchev–Trinajstić information content (AvgIpc) is 3.72. The number of carbonyl (C=O) groups is 2. The van der Waals surface area contributed by atoms with Gasteiger partial charge in [-0.15, -0.1) is 0 Å². The molecule has 0 unspecified atom stereocenters. The molecule has 1 saturated carbocycles. The zero-order chi connectivity index (χ0) is 28.9. The molecule has 6 rings (SSSR count). The number of nitrogens with one attached hydrogen (secondary N) is 1. The maximum Gasteiger partial charge on any atom is 0.274 e. The largest absolute Gasteiger partial charge is 0.487 e. The highest BCUT2D eigenvalue weighted by molar-refractivity contribution is 5.99. The standard InChI is InChI=1S/C30H34F2N4O5/c1-3-4-11-40-27-25-29(39)35-16-24(30(10-9-17(35)2)13-23(34-41-30)18-5-6-18)36(25)15-21(26(27)37)28(38)33-14-19-7-8-20(31)12-22(19)32/h7-8,12,15,17-18,24H,3-6,9-11,13-14,16H2,1-2H3,(H,33,38)/t17-,24+,30-/m0/s1. The average molecular weight is 569 g/mol. The molecule has 4 heterocycles. The van der Waals surface area contributed by atoms with Gasteiger partial charge in [-0.25, -0.2) is 8.78 Å². The minimum absolute atomic E-state index is 0.0730. The first kappa shape index (κ1) is 27.4. The van der Waals surface area contributed by atoms with E-state index in [-0.39, 0.29) is 47.7 Å². The molecule has 41 heavy (non-hydrogen) atoms. The Labute approximate surface area is 236 Å². The van der Waals surface area contributed by atoms with Crippen molar-refractivity contribution in [3.05, 3.63) is 63.1 Å². The molecule has 1 aromatic carbocycles. The number of hydrogen-bond acceptors (Lipinski definition) is 6. The second-order valence-electron chi connectivity index (χ2n) is 11.6. The van der Waals surface area contributed by atoms with Crippen molar-refractivity contribution >= 4 is 17.5 Å². The lowest BCUT2D eigenvalue weighted by Gasteiger charge is -2.42. The number of fused-ring (bicyclic) bond motifs is 5. The van der Waals surface area contributed by atoms with Gasteiger partial charge in [0.15, 0.2) is 17.0 Å². The molecule has 1 aliphatic carbocycles. The Morgan fingerprint density at radius 2 is 2.05 bits per heavy atom. The van der Waals surface area contributed by atoms with Crippen LogP contribution in [0, 0.1) is 17.6 Å². The number of carbonyl (C=O) groups excluding carboxylic acids is 2. The number of pyridine rings is 1. The third kappa shape index (κ3) is 4.89. The van der Waals surface area contributed by atoms with Crippen LogP contribution < -0.4 is 15.5 Å². The van der Waals surface area contributed by atoms with Crippen molar-refractivity contribution in [1.29, 1.82) is 0 Å². The summed E-state index contributed by atoms with van der Waals surface area (Å²) in [6.07, 6.45) is 7.04. The molecule has 3 aliphatic heterocycles. The van der Waals surface area contributed by atoms with Gasteiger partial charge in [0.25, 0.3) is 11.8 Å². The molecule has 218 valence electrons. The number of benzene rings is 1. The van der Waals surface area contributed by atoms with Crippen LogP contribution in [0.3, 0.4) is 0 Å².